The summed E-state index contributed by atoms with van der Waals surface area (Å²) in [5.74, 6) is -0.355. The summed E-state index contributed by atoms with van der Waals surface area (Å²) in [4.78, 5) is 0. The smallest absolute Gasteiger partial charge is 0.143 e. The average molecular weight is 283 g/mol. The minimum atomic E-state index is -0.355. The summed E-state index contributed by atoms with van der Waals surface area (Å²) in [5, 5.41) is 7.07. The molecule has 0 bridgehead atoms. The molecular weight excluding hydrogens is 263 g/mol. The van der Waals surface area contributed by atoms with E-state index in [4.69, 9.17) is 11.6 Å². The van der Waals surface area contributed by atoms with Gasteiger partial charge in [-0.15, -0.1) is 0 Å². The summed E-state index contributed by atoms with van der Waals surface area (Å²) in [7, 11) is 0. The van der Waals surface area contributed by atoms with Crippen LogP contribution in [0.15, 0.2) is 12.1 Å². The first-order valence-corrected chi connectivity index (χ1v) is 7.53. The van der Waals surface area contributed by atoms with E-state index in [1.54, 1.807) is 6.07 Å². The summed E-state index contributed by atoms with van der Waals surface area (Å²) in [5.41, 5.74) is 2.06. The number of benzene rings is 1. The maximum Gasteiger partial charge on any atom is 0.143 e. The Balaban J connectivity index is 1.83. The Morgan fingerprint density at radius 2 is 1.53 bits per heavy atom. The molecule has 0 aromatic heterocycles. The molecule has 1 aliphatic heterocycles. The Bertz CT molecular complexity index is 432. The lowest BCUT2D eigenvalue weighted by molar-refractivity contribution is 0.286. The van der Waals surface area contributed by atoms with Gasteiger partial charge in [0.05, 0.1) is 16.4 Å². The molecule has 3 rings (SSSR count). The Hall–Kier alpha value is -0.960. The van der Waals surface area contributed by atoms with Crippen molar-refractivity contribution in [3.63, 3.8) is 0 Å². The zero-order valence-electron chi connectivity index (χ0n) is 11.1. The molecule has 1 aromatic rings. The number of halogens is 2. The van der Waals surface area contributed by atoms with Gasteiger partial charge in [0, 0.05) is 24.6 Å². The van der Waals surface area contributed by atoms with E-state index in [1.165, 1.54) is 44.6 Å². The van der Waals surface area contributed by atoms with Gasteiger partial charge >= 0.3 is 0 Å². The first-order chi connectivity index (χ1) is 9.19. The molecule has 1 fully saturated rings. The number of anilines is 2. The van der Waals surface area contributed by atoms with E-state index in [2.05, 4.69) is 10.6 Å². The lowest BCUT2D eigenvalue weighted by Crippen LogP contribution is -2.34. The van der Waals surface area contributed by atoms with E-state index in [-0.39, 0.29) is 10.8 Å². The van der Waals surface area contributed by atoms with Crippen molar-refractivity contribution in [3.05, 3.63) is 23.0 Å². The number of hydrogen-bond acceptors (Lipinski definition) is 2. The maximum absolute atomic E-state index is 13.5. The van der Waals surface area contributed by atoms with Crippen molar-refractivity contribution < 1.29 is 4.39 Å². The molecule has 1 spiro atoms. The van der Waals surface area contributed by atoms with Gasteiger partial charge < -0.3 is 10.6 Å². The van der Waals surface area contributed by atoms with E-state index in [0.717, 1.165) is 24.5 Å². The van der Waals surface area contributed by atoms with Gasteiger partial charge in [0.2, 0.25) is 0 Å². The molecule has 0 amide bonds. The molecule has 2 nitrogen and oxygen atoms in total. The Labute approximate surface area is 118 Å². The third kappa shape index (κ3) is 2.66. The molecule has 0 saturated heterocycles. The fraction of sp³-hybridized carbons (Fsp3) is 0.600. The molecule has 2 aliphatic rings. The minimum Gasteiger partial charge on any atom is -0.383 e. The fourth-order valence-corrected chi connectivity index (χ4v) is 3.46. The molecule has 1 saturated carbocycles. The predicted octanol–water partition coefficient (Wildman–Crippen LogP) is 4.66. The van der Waals surface area contributed by atoms with Crippen LogP contribution in [0.4, 0.5) is 15.8 Å². The van der Waals surface area contributed by atoms with Crippen molar-refractivity contribution in [2.24, 2.45) is 5.41 Å². The monoisotopic (exact) mass is 282 g/mol. The van der Waals surface area contributed by atoms with Gasteiger partial charge in [-0.25, -0.2) is 4.39 Å². The maximum atomic E-state index is 13.5. The molecule has 1 aromatic carbocycles. The van der Waals surface area contributed by atoms with Crippen LogP contribution >= 0.6 is 11.6 Å². The van der Waals surface area contributed by atoms with E-state index in [0.29, 0.717) is 5.41 Å². The molecule has 0 radical (unpaired) electrons. The van der Waals surface area contributed by atoms with Crippen LogP contribution in [0, 0.1) is 11.2 Å². The van der Waals surface area contributed by atoms with Gasteiger partial charge in [-0.2, -0.15) is 0 Å². The van der Waals surface area contributed by atoms with Crippen LogP contribution in [-0.4, -0.2) is 13.1 Å². The van der Waals surface area contributed by atoms with E-state index < -0.39 is 0 Å². The van der Waals surface area contributed by atoms with Crippen molar-refractivity contribution in [2.75, 3.05) is 23.7 Å². The van der Waals surface area contributed by atoms with Gasteiger partial charge in [0.1, 0.15) is 5.82 Å². The van der Waals surface area contributed by atoms with Gasteiger partial charge in [-0.1, -0.05) is 37.3 Å². The second kappa shape index (κ2) is 5.20. The van der Waals surface area contributed by atoms with Crippen molar-refractivity contribution >= 4 is 23.0 Å². The Morgan fingerprint density at radius 1 is 0.947 bits per heavy atom. The van der Waals surface area contributed by atoms with Gasteiger partial charge in [0.15, 0.2) is 0 Å². The van der Waals surface area contributed by atoms with Crippen LogP contribution in [0.25, 0.3) is 0 Å². The molecule has 19 heavy (non-hydrogen) atoms. The van der Waals surface area contributed by atoms with Crippen molar-refractivity contribution in [3.8, 4) is 0 Å². The molecular formula is C15H20ClFN2. The zero-order chi connectivity index (χ0) is 13.3. The van der Waals surface area contributed by atoms with E-state index >= 15 is 0 Å². The highest BCUT2D eigenvalue weighted by Crippen LogP contribution is 2.39. The normalized spacial score (nSPS) is 21.8. The van der Waals surface area contributed by atoms with Crippen LogP contribution in [0.3, 0.4) is 0 Å². The predicted molar refractivity (Wildman–Crippen MR) is 78.5 cm³/mol. The SMILES string of the molecule is Fc1cc2c(cc1Cl)NCC1(CCCCCC1)CN2. The van der Waals surface area contributed by atoms with Crippen LogP contribution < -0.4 is 10.6 Å². The molecule has 104 valence electrons. The number of hydrogen-bond donors (Lipinski definition) is 2. The molecule has 1 aliphatic carbocycles. The van der Waals surface area contributed by atoms with Gasteiger partial charge in [-0.05, 0) is 18.9 Å². The first kappa shape index (κ1) is 13.0. The first-order valence-electron chi connectivity index (χ1n) is 7.15. The van der Waals surface area contributed by atoms with Crippen molar-refractivity contribution in [1.29, 1.82) is 0 Å². The number of fused-ring (bicyclic) bond motifs is 1. The lowest BCUT2D eigenvalue weighted by atomic mass is 9.80. The summed E-state index contributed by atoms with van der Waals surface area (Å²) < 4.78 is 13.5. The van der Waals surface area contributed by atoms with E-state index in [9.17, 15) is 4.39 Å². The molecule has 0 atom stereocenters. The summed E-state index contributed by atoms with van der Waals surface area (Å²) in [6, 6.07) is 3.19. The zero-order valence-corrected chi connectivity index (χ0v) is 11.8. The molecule has 0 unspecified atom stereocenters. The van der Waals surface area contributed by atoms with Crippen molar-refractivity contribution in [2.45, 2.75) is 38.5 Å². The average Bonchev–Trinajstić information content (AvgIpc) is 2.72. The highest BCUT2D eigenvalue weighted by Gasteiger charge is 2.33. The summed E-state index contributed by atoms with van der Waals surface area (Å²) in [6.07, 6.45) is 7.78. The minimum absolute atomic E-state index is 0.185. The Morgan fingerprint density at radius 3 is 2.16 bits per heavy atom. The Kier molecular flexibility index (Phi) is 3.57. The fourth-order valence-electron chi connectivity index (χ4n) is 3.30. The van der Waals surface area contributed by atoms with Crippen molar-refractivity contribution in [1.82, 2.24) is 0 Å². The van der Waals surface area contributed by atoms with Gasteiger partial charge in [0.25, 0.3) is 0 Å². The van der Waals surface area contributed by atoms with Crippen LogP contribution in [0.5, 0.6) is 0 Å². The largest absolute Gasteiger partial charge is 0.383 e. The van der Waals surface area contributed by atoms with Gasteiger partial charge in [-0.3, -0.25) is 0 Å². The highest BCUT2D eigenvalue weighted by molar-refractivity contribution is 6.31. The second-order valence-corrected chi connectivity index (χ2v) is 6.34. The second-order valence-electron chi connectivity index (χ2n) is 5.93. The highest BCUT2D eigenvalue weighted by atomic mass is 35.5. The van der Waals surface area contributed by atoms with E-state index in [1.807, 2.05) is 0 Å². The van der Waals surface area contributed by atoms with Crippen LogP contribution in [-0.2, 0) is 0 Å². The topological polar surface area (TPSA) is 24.1 Å². The van der Waals surface area contributed by atoms with Crippen LogP contribution in [0.2, 0.25) is 5.02 Å². The number of rotatable bonds is 0. The quantitative estimate of drug-likeness (QED) is 0.723. The summed E-state index contributed by atoms with van der Waals surface area (Å²) >= 11 is 5.86. The third-order valence-corrected chi connectivity index (χ3v) is 4.82. The lowest BCUT2D eigenvalue weighted by Gasteiger charge is -2.31. The molecule has 4 heteroatoms. The number of nitrogens with one attached hydrogen (secondary N) is 2. The van der Waals surface area contributed by atoms with Crippen LogP contribution in [0.1, 0.15) is 38.5 Å². The molecule has 2 N–H and O–H groups in total. The third-order valence-electron chi connectivity index (χ3n) is 4.53. The standard InChI is InChI=1S/C15H20ClFN2/c16-11-7-13-14(8-12(11)17)19-10-15(9-18-13)5-3-1-2-4-6-15/h7-8,18-19H,1-6,9-10H2. The summed E-state index contributed by atoms with van der Waals surface area (Å²) in [6.45, 7) is 1.88. The molecule has 1 heterocycles.